The van der Waals surface area contributed by atoms with E-state index in [2.05, 4.69) is 4.98 Å². The summed E-state index contributed by atoms with van der Waals surface area (Å²) < 4.78 is 39.1. The molecule has 0 unspecified atom stereocenters. The summed E-state index contributed by atoms with van der Waals surface area (Å²) in [7, 11) is -1.60. The summed E-state index contributed by atoms with van der Waals surface area (Å²) in [5.74, 6) is 1.81. The highest BCUT2D eigenvalue weighted by Crippen LogP contribution is 2.22. The van der Waals surface area contributed by atoms with Gasteiger partial charge >= 0.3 is 0 Å². The lowest BCUT2D eigenvalue weighted by Gasteiger charge is -2.04. The summed E-state index contributed by atoms with van der Waals surface area (Å²) >= 11 is 0. The van der Waals surface area contributed by atoms with E-state index in [0.29, 0.717) is 17.3 Å². The Morgan fingerprint density at radius 3 is 2.24 bits per heavy atom. The van der Waals surface area contributed by atoms with Crippen LogP contribution in [-0.2, 0) is 16.4 Å². The van der Waals surface area contributed by atoms with E-state index in [1.807, 2.05) is 24.3 Å². The van der Waals surface area contributed by atoms with Crippen LogP contribution < -0.4 is 9.47 Å². The van der Waals surface area contributed by atoms with Crippen LogP contribution in [0.1, 0.15) is 5.69 Å². The van der Waals surface area contributed by atoms with Gasteiger partial charge in [-0.25, -0.2) is 13.4 Å². The lowest BCUT2D eigenvalue weighted by molar-refractivity contribution is 0.301. The molecule has 0 N–H and O–H groups in total. The molecule has 0 saturated carbocycles. The zero-order valence-corrected chi connectivity index (χ0v) is 14.6. The van der Waals surface area contributed by atoms with E-state index in [-0.39, 0.29) is 11.5 Å². The van der Waals surface area contributed by atoms with E-state index in [0.717, 1.165) is 11.3 Å². The van der Waals surface area contributed by atoms with Crippen molar-refractivity contribution < 1.29 is 22.3 Å². The Labute approximate surface area is 146 Å². The molecule has 0 aliphatic rings. The average Bonchev–Trinajstić information content (AvgIpc) is 3.09. The molecule has 1 aromatic heterocycles. The van der Waals surface area contributed by atoms with Gasteiger partial charge in [0, 0.05) is 11.8 Å². The van der Waals surface area contributed by atoms with Crippen molar-refractivity contribution in [3.8, 4) is 23.0 Å². The molecule has 7 heteroatoms. The first-order chi connectivity index (χ1) is 12.0. The summed E-state index contributed by atoms with van der Waals surface area (Å²) in [6.07, 6.45) is 2.70. The molecule has 0 radical (unpaired) electrons. The monoisotopic (exact) mass is 359 g/mol. The van der Waals surface area contributed by atoms with Crippen LogP contribution in [-0.4, -0.2) is 26.8 Å². The summed E-state index contributed by atoms with van der Waals surface area (Å²) in [5.41, 5.74) is 1.47. The van der Waals surface area contributed by atoms with E-state index in [9.17, 15) is 8.42 Å². The molecular formula is C18H17NO5S. The highest BCUT2D eigenvalue weighted by molar-refractivity contribution is 7.90. The second-order valence-corrected chi connectivity index (χ2v) is 7.42. The van der Waals surface area contributed by atoms with Crippen LogP contribution in [0.4, 0.5) is 0 Å². The molecule has 0 bridgehead atoms. The third-order valence-corrected chi connectivity index (χ3v) is 4.66. The molecule has 0 amide bonds. The molecule has 0 saturated heterocycles. The van der Waals surface area contributed by atoms with Crippen molar-refractivity contribution in [2.75, 3.05) is 13.4 Å². The van der Waals surface area contributed by atoms with Gasteiger partial charge in [-0.3, -0.25) is 0 Å². The van der Waals surface area contributed by atoms with E-state index >= 15 is 0 Å². The van der Waals surface area contributed by atoms with Gasteiger partial charge in [0.25, 0.3) is 0 Å². The number of rotatable bonds is 6. The van der Waals surface area contributed by atoms with Crippen LogP contribution in [0.15, 0.2) is 64.1 Å². The number of oxazole rings is 1. The molecule has 0 atom stereocenters. The van der Waals surface area contributed by atoms with Gasteiger partial charge in [0.15, 0.2) is 9.84 Å². The highest BCUT2D eigenvalue weighted by Gasteiger charge is 2.09. The molecule has 0 aliphatic heterocycles. The predicted octanol–water partition coefficient (Wildman–Crippen LogP) is 3.33. The van der Waals surface area contributed by atoms with Gasteiger partial charge in [0.1, 0.15) is 30.1 Å². The van der Waals surface area contributed by atoms with Crippen molar-refractivity contribution in [1.82, 2.24) is 4.98 Å². The van der Waals surface area contributed by atoms with Gasteiger partial charge in [-0.2, -0.15) is 0 Å². The van der Waals surface area contributed by atoms with Crippen molar-refractivity contribution in [2.45, 2.75) is 11.5 Å². The number of nitrogens with zero attached hydrogens (tertiary/aromatic N) is 1. The number of hydrogen-bond donors (Lipinski definition) is 0. The minimum Gasteiger partial charge on any atom is -0.497 e. The first kappa shape index (κ1) is 17.0. The summed E-state index contributed by atoms with van der Waals surface area (Å²) in [6.45, 7) is 0.220. The molecule has 3 rings (SSSR count). The minimum atomic E-state index is -3.21. The number of sulfone groups is 1. The molecule has 0 aliphatic carbocycles. The first-order valence-electron chi connectivity index (χ1n) is 7.47. The predicted molar refractivity (Wildman–Crippen MR) is 92.4 cm³/mol. The van der Waals surface area contributed by atoms with Crippen molar-refractivity contribution in [3.05, 3.63) is 60.5 Å². The zero-order chi connectivity index (χ0) is 17.9. The zero-order valence-electron chi connectivity index (χ0n) is 13.8. The van der Waals surface area contributed by atoms with Crippen molar-refractivity contribution in [2.24, 2.45) is 0 Å². The van der Waals surface area contributed by atoms with Crippen molar-refractivity contribution in [3.63, 3.8) is 0 Å². The fourth-order valence-electron chi connectivity index (χ4n) is 2.18. The molecule has 0 spiro atoms. The van der Waals surface area contributed by atoms with Crippen LogP contribution >= 0.6 is 0 Å². The fourth-order valence-corrected chi connectivity index (χ4v) is 2.81. The quantitative estimate of drug-likeness (QED) is 0.672. The Morgan fingerprint density at radius 2 is 1.64 bits per heavy atom. The first-order valence-corrected chi connectivity index (χ1v) is 9.36. The Balaban J connectivity index is 1.65. The van der Waals surface area contributed by atoms with Crippen molar-refractivity contribution >= 4 is 9.84 Å². The SMILES string of the molecule is COc1ccc(-c2nc(COc3ccc(S(C)(=O)=O)cc3)co2)cc1. The van der Waals surface area contributed by atoms with Gasteiger partial charge in [0.2, 0.25) is 5.89 Å². The number of ether oxygens (including phenoxy) is 2. The summed E-state index contributed by atoms with van der Waals surface area (Å²) in [4.78, 5) is 4.63. The van der Waals surface area contributed by atoms with E-state index in [4.69, 9.17) is 13.9 Å². The van der Waals surface area contributed by atoms with Crippen LogP contribution in [0.5, 0.6) is 11.5 Å². The molecule has 25 heavy (non-hydrogen) atoms. The Kier molecular flexibility index (Phi) is 4.76. The van der Waals surface area contributed by atoms with Gasteiger partial charge < -0.3 is 13.9 Å². The second kappa shape index (κ2) is 6.98. The molecule has 2 aromatic carbocycles. The van der Waals surface area contributed by atoms with Crippen LogP contribution in [0.3, 0.4) is 0 Å². The Bertz CT molecular complexity index is 944. The normalized spacial score (nSPS) is 11.3. The molecule has 6 nitrogen and oxygen atoms in total. The number of hydrogen-bond acceptors (Lipinski definition) is 6. The Morgan fingerprint density at radius 1 is 1.00 bits per heavy atom. The number of benzene rings is 2. The lowest BCUT2D eigenvalue weighted by Crippen LogP contribution is -1.98. The number of aromatic nitrogens is 1. The van der Waals surface area contributed by atoms with Gasteiger partial charge in [-0.1, -0.05) is 0 Å². The van der Waals surface area contributed by atoms with E-state index < -0.39 is 9.84 Å². The van der Waals surface area contributed by atoms with E-state index in [1.54, 1.807) is 19.2 Å². The molecular weight excluding hydrogens is 342 g/mol. The van der Waals surface area contributed by atoms with Crippen LogP contribution in [0.2, 0.25) is 0 Å². The third kappa shape index (κ3) is 4.19. The second-order valence-electron chi connectivity index (χ2n) is 5.40. The summed E-state index contributed by atoms with van der Waals surface area (Å²) in [5, 5.41) is 0. The highest BCUT2D eigenvalue weighted by atomic mass is 32.2. The van der Waals surface area contributed by atoms with Gasteiger partial charge in [-0.05, 0) is 48.5 Å². The summed E-state index contributed by atoms with van der Waals surface area (Å²) in [6, 6.07) is 13.6. The molecule has 3 aromatic rings. The Hall–Kier alpha value is -2.80. The largest absolute Gasteiger partial charge is 0.497 e. The van der Waals surface area contributed by atoms with E-state index in [1.165, 1.54) is 24.7 Å². The average molecular weight is 359 g/mol. The van der Waals surface area contributed by atoms with Gasteiger partial charge in [-0.15, -0.1) is 0 Å². The number of methoxy groups -OCH3 is 1. The van der Waals surface area contributed by atoms with Crippen molar-refractivity contribution in [1.29, 1.82) is 0 Å². The lowest BCUT2D eigenvalue weighted by atomic mass is 10.2. The maximum atomic E-state index is 11.4. The standard InChI is InChI=1S/C18H17NO5S/c1-22-15-5-3-13(4-6-15)18-19-14(12-24-18)11-23-16-7-9-17(10-8-16)25(2,20)21/h3-10,12H,11H2,1-2H3. The maximum Gasteiger partial charge on any atom is 0.226 e. The maximum absolute atomic E-state index is 11.4. The third-order valence-electron chi connectivity index (χ3n) is 3.53. The van der Waals surface area contributed by atoms with Crippen LogP contribution in [0.25, 0.3) is 11.5 Å². The topological polar surface area (TPSA) is 78.6 Å². The smallest absolute Gasteiger partial charge is 0.226 e. The fraction of sp³-hybridized carbons (Fsp3) is 0.167. The minimum absolute atomic E-state index is 0.220. The van der Waals surface area contributed by atoms with Gasteiger partial charge in [0.05, 0.1) is 12.0 Å². The molecule has 0 fully saturated rings. The molecule has 1 heterocycles. The molecule has 130 valence electrons. The van der Waals surface area contributed by atoms with Crippen LogP contribution in [0, 0.1) is 0 Å².